The average molecular weight is 239 g/mol. The van der Waals surface area contributed by atoms with Crippen molar-refractivity contribution in [2.24, 2.45) is 0 Å². The van der Waals surface area contributed by atoms with Crippen LogP contribution in [-0.4, -0.2) is 6.18 Å². The van der Waals surface area contributed by atoms with E-state index in [9.17, 15) is 13.2 Å². The summed E-state index contributed by atoms with van der Waals surface area (Å²) >= 11 is 5.68. The molecule has 1 rings (SSSR count). The molecule has 0 amide bonds. The Hall–Kier alpha value is -0.700. The van der Waals surface area contributed by atoms with Crippen LogP contribution >= 0.6 is 11.6 Å². The Bertz CT molecular complexity index is 295. The highest BCUT2D eigenvalue weighted by Crippen LogP contribution is 2.31. The second kappa shape index (κ2) is 6.01. The summed E-state index contributed by atoms with van der Waals surface area (Å²) in [6.45, 7) is 5.56. The number of halogens is 4. The summed E-state index contributed by atoms with van der Waals surface area (Å²) in [6.07, 6.45) is -0.311. The molecule has 0 aromatic heterocycles. The molecule has 0 saturated heterocycles. The number of hydrogen-bond acceptors (Lipinski definition) is 0. The second-order valence-corrected chi connectivity index (χ2v) is 3.18. The maximum atomic E-state index is 12.2. The van der Waals surface area contributed by atoms with Crippen LogP contribution in [0.4, 0.5) is 13.2 Å². The van der Waals surface area contributed by atoms with Crippen molar-refractivity contribution in [1.29, 1.82) is 0 Å². The summed E-state index contributed by atoms with van der Waals surface area (Å²) in [5, 5.41) is 0.385. The van der Waals surface area contributed by atoms with E-state index in [0.717, 1.165) is 12.2 Å². The summed E-state index contributed by atoms with van der Waals surface area (Å²) in [5.74, 6) is 0. The number of allylic oxidation sites excluding steroid dienone is 6. The number of hydrogen-bond donors (Lipinski definition) is 0. The van der Waals surface area contributed by atoms with E-state index >= 15 is 0 Å². The second-order valence-electron chi connectivity index (χ2n) is 2.77. The van der Waals surface area contributed by atoms with Crippen LogP contribution in [0.1, 0.15) is 27.2 Å². The van der Waals surface area contributed by atoms with Gasteiger partial charge in [-0.25, -0.2) is 0 Å². The minimum Gasteiger partial charge on any atom is -0.166 e. The Balaban J connectivity index is 0.000000921. The first kappa shape index (κ1) is 14.3. The van der Waals surface area contributed by atoms with E-state index in [0.29, 0.717) is 10.6 Å². The zero-order valence-electron chi connectivity index (χ0n) is 8.95. The third-order valence-corrected chi connectivity index (χ3v) is 2.16. The van der Waals surface area contributed by atoms with Crippen LogP contribution in [0.5, 0.6) is 0 Å². The van der Waals surface area contributed by atoms with Gasteiger partial charge in [-0.05, 0) is 25.0 Å². The molecule has 86 valence electrons. The topological polar surface area (TPSA) is 0 Å². The molecule has 0 N–H and O–H groups in total. The van der Waals surface area contributed by atoms with Gasteiger partial charge in [0.25, 0.3) is 0 Å². The van der Waals surface area contributed by atoms with Gasteiger partial charge in [0, 0.05) is 5.03 Å². The predicted molar refractivity (Wildman–Crippen MR) is 57.8 cm³/mol. The Morgan fingerprint density at radius 3 is 2.20 bits per heavy atom. The summed E-state index contributed by atoms with van der Waals surface area (Å²) in [4.78, 5) is 0. The van der Waals surface area contributed by atoms with Gasteiger partial charge >= 0.3 is 6.18 Å². The predicted octanol–water partition coefficient (Wildman–Crippen LogP) is 4.97. The monoisotopic (exact) mass is 238 g/mol. The van der Waals surface area contributed by atoms with Gasteiger partial charge in [0.05, 0.1) is 5.57 Å². The molecule has 0 fully saturated rings. The highest BCUT2D eigenvalue weighted by molar-refractivity contribution is 6.32. The molecule has 15 heavy (non-hydrogen) atoms. The summed E-state index contributed by atoms with van der Waals surface area (Å²) in [5.41, 5.74) is -0.181. The van der Waals surface area contributed by atoms with Crippen molar-refractivity contribution in [2.45, 2.75) is 33.4 Å². The lowest BCUT2D eigenvalue weighted by atomic mass is 10.2. The lowest BCUT2D eigenvalue weighted by Crippen LogP contribution is -2.09. The number of rotatable bonds is 0. The lowest BCUT2D eigenvalue weighted by molar-refractivity contribution is -0.0884. The van der Waals surface area contributed by atoms with Gasteiger partial charge in [-0.3, -0.25) is 0 Å². The first-order chi connectivity index (χ1) is 6.91. The molecule has 0 radical (unpaired) electrons. The van der Waals surface area contributed by atoms with Gasteiger partial charge in [0.15, 0.2) is 0 Å². The molecule has 0 spiro atoms. The van der Waals surface area contributed by atoms with Gasteiger partial charge in [-0.2, -0.15) is 13.2 Å². The van der Waals surface area contributed by atoms with Crippen LogP contribution in [0, 0.1) is 0 Å². The fourth-order valence-corrected chi connectivity index (χ4v) is 1.15. The molecule has 1 aliphatic rings. The maximum Gasteiger partial charge on any atom is 0.416 e. The minimum absolute atomic E-state index is 0.224. The van der Waals surface area contributed by atoms with Gasteiger partial charge in [0.2, 0.25) is 0 Å². The molecule has 1 aliphatic carbocycles. The van der Waals surface area contributed by atoms with Crippen molar-refractivity contribution in [2.75, 3.05) is 0 Å². The van der Waals surface area contributed by atoms with E-state index in [2.05, 4.69) is 0 Å². The molecule has 0 nitrogen and oxygen atoms in total. The zero-order chi connectivity index (χ0) is 12.1. The van der Waals surface area contributed by atoms with Crippen molar-refractivity contribution >= 4 is 11.6 Å². The third kappa shape index (κ3) is 4.56. The van der Waals surface area contributed by atoms with Crippen LogP contribution in [0.3, 0.4) is 0 Å². The first-order valence-corrected chi connectivity index (χ1v) is 5.11. The Morgan fingerprint density at radius 2 is 1.73 bits per heavy atom. The normalized spacial score (nSPS) is 16.6. The molecule has 4 heteroatoms. The van der Waals surface area contributed by atoms with E-state index in [-0.39, 0.29) is 6.42 Å². The van der Waals surface area contributed by atoms with Gasteiger partial charge in [-0.15, -0.1) is 0 Å². The average Bonchev–Trinajstić information content (AvgIpc) is 2.32. The molecule has 0 aliphatic heterocycles. The largest absolute Gasteiger partial charge is 0.416 e. The molecule has 0 heterocycles. The standard InChI is InChI=1S/C9H8ClF3.C2H6/c1-6-5-7(9(11,12)13)3-2-4-8(6)10;1-2/h3-5H,2H2,1H3;1-2H3. The van der Waals surface area contributed by atoms with Crippen LogP contribution in [0.15, 0.2) is 34.4 Å². The number of alkyl halides is 3. The van der Waals surface area contributed by atoms with E-state index in [1.54, 1.807) is 13.0 Å². The van der Waals surface area contributed by atoms with Crippen molar-refractivity contribution < 1.29 is 13.2 Å². The van der Waals surface area contributed by atoms with Crippen molar-refractivity contribution in [3.8, 4) is 0 Å². The van der Waals surface area contributed by atoms with Crippen LogP contribution in [0.25, 0.3) is 0 Å². The third-order valence-electron chi connectivity index (χ3n) is 1.71. The molecular formula is C11H14ClF3. The van der Waals surface area contributed by atoms with E-state index in [1.807, 2.05) is 13.8 Å². The van der Waals surface area contributed by atoms with Gasteiger partial charge < -0.3 is 0 Å². The zero-order valence-corrected chi connectivity index (χ0v) is 9.71. The van der Waals surface area contributed by atoms with Crippen LogP contribution < -0.4 is 0 Å². The van der Waals surface area contributed by atoms with E-state index in [1.165, 1.54) is 0 Å². The fraction of sp³-hybridized carbons (Fsp3) is 0.455. The Kier molecular flexibility index (Phi) is 5.73. The molecule has 0 bridgehead atoms. The summed E-state index contributed by atoms with van der Waals surface area (Å²) in [7, 11) is 0. The van der Waals surface area contributed by atoms with Crippen molar-refractivity contribution in [1.82, 2.24) is 0 Å². The van der Waals surface area contributed by atoms with Gasteiger partial charge in [-0.1, -0.05) is 37.6 Å². The molecule has 0 aromatic carbocycles. The maximum absolute atomic E-state index is 12.2. The summed E-state index contributed by atoms with van der Waals surface area (Å²) < 4.78 is 36.7. The SMILES string of the molecule is CC.CC1=CC(C(F)(F)F)=CCC=C1Cl. The van der Waals surface area contributed by atoms with E-state index < -0.39 is 11.7 Å². The smallest absolute Gasteiger partial charge is 0.166 e. The Labute approximate surface area is 93.1 Å². The molecule has 0 atom stereocenters. The quantitative estimate of drug-likeness (QED) is 0.559. The minimum atomic E-state index is -4.28. The highest BCUT2D eigenvalue weighted by Gasteiger charge is 2.32. The van der Waals surface area contributed by atoms with Crippen molar-refractivity contribution in [3.05, 3.63) is 34.4 Å². The molecule has 0 unspecified atom stereocenters. The lowest BCUT2D eigenvalue weighted by Gasteiger charge is -2.06. The van der Waals surface area contributed by atoms with Gasteiger partial charge in [0.1, 0.15) is 0 Å². The Morgan fingerprint density at radius 1 is 1.20 bits per heavy atom. The molecular weight excluding hydrogens is 225 g/mol. The van der Waals surface area contributed by atoms with Crippen molar-refractivity contribution in [3.63, 3.8) is 0 Å². The van der Waals surface area contributed by atoms with E-state index in [4.69, 9.17) is 11.6 Å². The summed E-state index contributed by atoms with van der Waals surface area (Å²) in [6, 6.07) is 0. The highest BCUT2D eigenvalue weighted by atomic mass is 35.5. The van der Waals surface area contributed by atoms with Crippen LogP contribution in [-0.2, 0) is 0 Å². The molecule has 0 saturated carbocycles. The molecule has 0 aromatic rings. The van der Waals surface area contributed by atoms with Crippen LogP contribution in [0.2, 0.25) is 0 Å². The first-order valence-electron chi connectivity index (χ1n) is 4.73. The fourth-order valence-electron chi connectivity index (χ4n) is 1.01.